The van der Waals surface area contributed by atoms with Gasteiger partial charge in [-0.05, 0) is 12.1 Å². The van der Waals surface area contributed by atoms with Crippen LogP contribution in [0.4, 0.5) is 0 Å². The number of nitrogens with one attached hydrogen (secondary N) is 1. The first-order chi connectivity index (χ1) is 9.67. The molecule has 0 aliphatic rings. The van der Waals surface area contributed by atoms with Gasteiger partial charge in [-0.1, -0.05) is 11.6 Å². The number of aliphatic hydroxyl groups is 1. The molecule has 0 saturated carbocycles. The average Bonchev–Trinajstić information content (AvgIpc) is 2.80. The smallest absolute Gasteiger partial charge is 0.251 e. The Labute approximate surface area is 118 Å². The third kappa shape index (κ3) is 2.31. The van der Waals surface area contributed by atoms with Crippen molar-refractivity contribution in [2.75, 3.05) is 6.61 Å². The maximum atomic E-state index is 11.4. The number of H-pyrrole nitrogens is 1. The molecule has 2 N–H and O–H groups in total. The van der Waals surface area contributed by atoms with Gasteiger partial charge >= 0.3 is 0 Å². The summed E-state index contributed by atoms with van der Waals surface area (Å²) in [4.78, 5) is 18.0. The molecule has 20 heavy (non-hydrogen) atoms. The maximum absolute atomic E-state index is 11.4. The van der Waals surface area contributed by atoms with Crippen LogP contribution in [0.15, 0.2) is 35.5 Å². The van der Waals surface area contributed by atoms with Crippen molar-refractivity contribution in [2.24, 2.45) is 0 Å². The monoisotopic (exact) mass is 290 g/mol. The fourth-order valence-corrected chi connectivity index (χ4v) is 2.30. The van der Waals surface area contributed by atoms with Crippen molar-refractivity contribution in [2.45, 2.75) is 6.54 Å². The highest BCUT2D eigenvalue weighted by atomic mass is 35.5. The predicted molar refractivity (Wildman–Crippen MR) is 75.7 cm³/mol. The first-order valence-electron chi connectivity index (χ1n) is 6.00. The Morgan fingerprint density at radius 1 is 1.35 bits per heavy atom. The Balaban J connectivity index is 2.26. The minimum Gasteiger partial charge on any atom is -0.394 e. The highest BCUT2D eigenvalue weighted by Crippen LogP contribution is 2.29. The van der Waals surface area contributed by atoms with Crippen LogP contribution in [0.25, 0.3) is 22.2 Å². The van der Waals surface area contributed by atoms with Gasteiger partial charge in [0.2, 0.25) is 0 Å². The van der Waals surface area contributed by atoms with E-state index in [9.17, 15) is 4.79 Å². The van der Waals surface area contributed by atoms with Gasteiger partial charge in [-0.3, -0.25) is 9.48 Å². The lowest BCUT2D eigenvalue weighted by Gasteiger charge is -2.02. The molecule has 0 saturated heterocycles. The maximum Gasteiger partial charge on any atom is 0.251 e. The van der Waals surface area contributed by atoms with Gasteiger partial charge < -0.3 is 10.1 Å². The van der Waals surface area contributed by atoms with E-state index in [1.165, 1.54) is 12.4 Å². The molecule has 0 fully saturated rings. The van der Waals surface area contributed by atoms with Crippen LogP contribution in [0, 0.1) is 0 Å². The molecular weight excluding hydrogens is 280 g/mol. The minimum absolute atomic E-state index is 0.000307. The molecule has 0 spiro atoms. The molecule has 3 rings (SSSR count). The van der Waals surface area contributed by atoms with Crippen molar-refractivity contribution in [3.8, 4) is 11.3 Å². The van der Waals surface area contributed by atoms with E-state index in [2.05, 4.69) is 15.1 Å². The second-order valence-corrected chi connectivity index (χ2v) is 4.74. The van der Waals surface area contributed by atoms with Crippen molar-refractivity contribution in [3.63, 3.8) is 0 Å². The zero-order valence-electron chi connectivity index (χ0n) is 10.4. The van der Waals surface area contributed by atoms with Gasteiger partial charge in [0.15, 0.2) is 0 Å². The number of nitrogens with zero attached hydrogens (tertiary/aromatic N) is 3. The van der Waals surface area contributed by atoms with E-state index in [0.717, 1.165) is 5.39 Å². The van der Waals surface area contributed by atoms with Gasteiger partial charge in [0.25, 0.3) is 5.56 Å². The van der Waals surface area contributed by atoms with E-state index in [0.29, 0.717) is 28.3 Å². The zero-order chi connectivity index (χ0) is 14.1. The molecular formula is C13H11ClN4O2. The largest absolute Gasteiger partial charge is 0.394 e. The molecule has 0 aliphatic carbocycles. The third-order valence-electron chi connectivity index (χ3n) is 2.90. The molecule has 0 radical (unpaired) electrons. The van der Waals surface area contributed by atoms with E-state index < -0.39 is 0 Å². The van der Waals surface area contributed by atoms with Crippen molar-refractivity contribution < 1.29 is 5.11 Å². The van der Waals surface area contributed by atoms with E-state index in [1.54, 1.807) is 23.0 Å². The summed E-state index contributed by atoms with van der Waals surface area (Å²) in [7, 11) is 0. The van der Waals surface area contributed by atoms with Gasteiger partial charge in [-0.2, -0.15) is 5.10 Å². The van der Waals surface area contributed by atoms with Crippen LogP contribution in [-0.4, -0.2) is 31.5 Å². The molecule has 0 amide bonds. The van der Waals surface area contributed by atoms with E-state index in [-0.39, 0.29) is 12.2 Å². The highest BCUT2D eigenvalue weighted by Gasteiger charge is 2.11. The molecule has 2 heterocycles. The van der Waals surface area contributed by atoms with Crippen molar-refractivity contribution in [3.05, 3.63) is 46.1 Å². The second-order valence-electron chi connectivity index (χ2n) is 4.30. The van der Waals surface area contributed by atoms with Crippen LogP contribution < -0.4 is 5.56 Å². The Hall–Kier alpha value is -2.18. The number of rotatable bonds is 3. The third-order valence-corrected chi connectivity index (χ3v) is 3.12. The van der Waals surface area contributed by atoms with E-state index in [1.807, 2.05) is 0 Å². The van der Waals surface area contributed by atoms with Crippen LogP contribution >= 0.6 is 11.6 Å². The minimum atomic E-state index is -0.238. The van der Waals surface area contributed by atoms with Crippen LogP contribution in [0.5, 0.6) is 0 Å². The van der Waals surface area contributed by atoms with Crippen molar-refractivity contribution in [1.29, 1.82) is 0 Å². The summed E-state index contributed by atoms with van der Waals surface area (Å²) in [6.07, 6.45) is 3.14. The van der Waals surface area contributed by atoms with Gasteiger partial charge in [-0.15, -0.1) is 0 Å². The lowest BCUT2D eigenvalue weighted by Crippen LogP contribution is -2.05. The number of hydrogen-bond acceptors (Lipinski definition) is 4. The summed E-state index contributed by atoms with van der Waals surface area (Å²) in [5, 5.41) is 14.7. The standard InChI is InChI=1S/C13H11ClN4O2/c14-9-3-8-6-18(1-2-19)17-13(8)10(4-9)11-5-12(20)16-7-15-11/h3-7,19H,1-2H2,(H,15,16,20). The molecule has 102 valence electrons. The van der Waals surface area contributed by atoms with Crippen LogP contribution in [0.2, 0.25) is 5.02 Å². The zero-order valence-corrected chi connectivity index (χ0v) is 11.1. The summed E-state index contributed by atoms with van der Waals surface area (Å²) >= 11 is 6.10. The molecule has 0 unspecified atom stereocenters. The van der Waals surface area contributed by atoms with Crippen molar-refractivity contribution >= 4 is 22.5 Å². The summed E-state index contributed by atoms with van der Waals surface area (Å²) in [5.41, 5.74) is 1.66. The molecule has 3 aromatic rings. The molecule has 0 aliphatic heterocycles. The first-order valence-corrected chi connectivity index (χ1v) is 6.38. The average molecular weight is 291 g/mol. The summed E-state index contributed by atoms with van der Waals surface area (Å²) in [6.45, 7) is 0.398. The first kappa shape index (κ1) is 12.8. The van der Waals surface area contributed by atoms with Gasteiger partial charge in [-0.25, -0.2) is 4.98 Å². The topological polar surface area (TPSA) is 83.8 Å². The van der Waals surface area contributed by atoms with Crippen LogP contribution in [-0.2, 0) is 6.54 Å². The highest BCUT2D eigenvalue weighted by molar-refractivity contribution is 6.31. The van der Waals surface area contributed by atoms with Crippen LogP contribution in [0.3, 0.4) is 0 Å². The molecule has 1 aromatic carbocycles. The molecule has 6 nitrogen and oxygen atoms in total. The normalized spacial score (nSPS) is 11.1. The lowest BCUT2D eigenvalue weighted by molar-refractivity contribution is 0.270. The number of halogens is 1. The number of aromatic nitrogens is 4. The molecule has 0 atom stereocenters. The number of hydrogen-bond donors (Lipinski definition) is 2. The Morgan fingerprint density at radius 2 is 2.20 bits per heavy atom. The number of benzene rings is 1. The van der Waals surface area contributed by atoms with E-state index >= 15 is 0 Å². The SMILES string of the molecule is O=c1cc(-c2cc(Cl)cc3cn(CCO)nc23)nc[nH]1. The Kier molecular flexibility index (Phi) is 3.25. The van der Waals surface area contributed by atoms with Gasteiger partial charge in [0.1, 0.15) is 5.52 Å². The summed E-state index contributed by atoms with van der Waals surface area (Å²) in [6, 6.07) is 4.91. The molecule has 0 bridgehead atoms. The fraction of sp³-hybridized carbons (Fsp3) is 0.154. The number of aliphatic hydroxyl groups excluding tert-OH is 1. The van der Waals surface area contributed by atoms with Gasteiger partial charge in [0.05, 0.1) is 25.2 Å². The van der Waals surface area contributed by atoms with Crippen LogP contribution in [0.1, 0.15) is 0 Å². The second kappa shape index (κ2) is 5.07. The van der Waals surface area contributed by atoms with Crippen molar-refractivity contribution in [1.82, 2.24) is 19.7 Å². The lowest BCUT2D eigenvalue weighted by atomic mass is 10.1. The van der Waals surface area contributed by atoms with Gasteiger partial charge in [0, 0.05) is 28.2 Å². The number of aromatic amines is 1. The fourth-order valence-electron chi connectivity index (χ4n) is 2.08. The molecule has 7 heteroatoms. The van der Waals surface area contributed by atoms with E-state index in [4.69, 9.17) is 16.7 Å². The molecule has 2 aromatic heterocycles. The predicted octanol–water partition coefficient (Wildman–Crippen LogP) is 1.43. The number of fused-ring (bicyclic) bond motifs is 1. The Bertz CT molecular complexity index is 825. The summed E-state index contributed by atoms with van der Waals surface area (Å²) in [5.74, 6) is 0. The summed E-state index contributed by atoms with van der Waals surface area (Å²) < 4.78 is 1.64. The quantitative estimate of drug-likeness (QED) is 0.764. The Morgan fingerprint density at radius 3 is 2.95 bits per heavy atom.